The Morgan fingerprint density at radius 1 is 0.852 bits per heavy atom. The molecule has 1 N–H and O–H groups in total. The summed E-state index contributed by atoms with van der Waals surface area (Å²) in [5, 5.41) is 6.18. The molecule has 1 saturated heterocycles. The topological polar surface area (TPSA) is 34.4 Å². The first kappa shape index (κ1) is 15.3. The third kappa shape index (κ3) is 2.31. The Morgan fingerprint density at radius 2 is 1.70 bits per heavy atom. The van der Waals surface area contributed by atoms with E-state index in [1.54, 1.807) is 0 Å². The summed E-state index contributed by atoms with van der Waals surface area (Å²) in [5.74, 6) is 0.448. The fourth-order valence-electron chi connectivity index (χ4n) is 4.88. The Morgan fingerprint density at radius 3 is 2.70 bits per heavy atom. The van der Waals surface area contributed by atoms with Crippen LogP contribution in [0.5, 0.6) is 0 Å². The van der Waals surface area contributed by atoms with Crippen LogP contribution in [-0.2, 0) is 4.74 Å². The van der Waals surface area contributed by atoms with Gasteiger partial charge in [-0.15, -0.1) is 0 Å². The second kappa shape index (κ2) is 5.86. The van der Waals surface area contributed by atoms with E-state index < -0.39 is 0 Å². The van der Waals surface area contributed by atoms with Gasteiger partial charge in [-0.1, -0.05) is 42.5 Å². The molecule has 3 atom stereocenters. The first-order chi connectivity index (χ1) is 13.4. The molecular formula is C24H21NO2. The van der Waals surface area contributed by atoms with E-state index in [0.717, 1.165) is 24.2 Å². The molecule has 2 aliphatic rings. The minimum absolute atomic E-state index is 0.179. The minimum Gasteiger partial charge on any atom is -0.456 e. The van der Waals surface area contributed by atoms with Gasteiger partial charge in [0.1, 0.15) is 11.2 Å². The van der Waals surface area contributed by atoms with Crippen LogP contribution in [0.2, 0.25) is 0 Å². The van der Waals surface area contributed by atoms with Gasteiger partial charge in [0.2, 0.25) is 0 Å². The highest BCUT2D eigenvalue weighted by Gasteiger charge is 2.39. The summed E-state index contributed by atoms with van der Waals surface area (Å²) in [5.41, 5.74) is 5.71. The van der Waals surface area contributed by atoms with Crippen LogP contribution in [0.15, 0.2) is 71.1 Å². The van der Waals surface area contributed by atoms with E-state index in [1.807, 2.05) is 12.1 Å². The van der Waals surface area contributed by atoms with Crippen molar-refractivity contribution in [2.45, 2.75) is 25.0 Å². The van der Waals surface area contributed by atoms with E-state index in [2.05, 4.69) is 59.9 Å². The maximum atomic E-state index is 6.24. The quantitative estimate of drug-likeness (QED) is 0.440. The summed E-state index contributed by atoms with van der Waals surface area (Å²) in [7, 11) is 0. The van der Waals surface area contributed by atoms with Crippen molar-refractivity contribution < 1.29 is 9.15 Å². The zero-order valence-corrected chi connectivity index (χ0v) is 15.0. The molecule has 1 fully saturated rings. The largest absolute Gasteiger partial charge is 0.456 e. The Hall–Kier alpha value is -2.78. The fraction of sp³-hybridized carbons (Fsp3) is 0.250. The second-order valence-electron chi connectivity index (χ2n) is 7.66. The SMILES string of the molecule is c1ccc2c(c1)N[C@@H](c1ccc3oc4ccccc4c3c1)C1CCCOC21. The van der Waals surface area contributed by atoms with E-state index in [9.17, 15) is 0 Å². The Kier molecular flexibility index (Phi) is 3.32. The van der Waals surface area contributed by atoms with Crippen molar-refractivity contribution in [3.63, 3.8) is 0 Å². The predicted octanol–water partition coefficient (Wildman–Crippen LogP) is 6.22. The normalized spacial score (nSPS) is 24.4. The van der Waals surface area contributed by atoms with Gasteiger partial charge >= 0.3 is 0 Å². The summed E-state index contributed by atoms with van der Waals surface area (Å²) in [4.78, 5) is 0. The van der Waals surface area contributed by atoms with Crippen molar-refractivity contribution in [3.05, 3.63) is 77.9 Å². The zero-order valence-electron chi connectivity index (χ0n) is 15.0. The molecule has 3 heteroatoms. The lowest BCUT2D eigenvalue weighted by Gasteiger charge is -2.43. The van der Waals surface area contributed by atoms with Crippen molar-refractivity contribution in [1.29, 1.82) is 0 Å². The molecule has 2 unspecified atom stereocenters. The molecule has 3 heterocycles. The maximum absolute atomic E-state index is 6.24. The van der Waals surface area contributed by atoms with Crippen LogP contribution >= 0.6 is 0 Å². The van der Waals surface area contributed by atoms with Gasteiger partial charge in [0.05, 0.1) is 12.1 Å². The summed E-state index contributed by atoms with van der Waals surface area (Å²) in [6.45, 7) is 0.855. The monoisotopic (exact) mass is 355 g/mol. The van der Waals surface area contributed by atoms with Gasteiger partial charge in [-0.3, -0.25) is 0 Å². The molecule has 3 aromatic carbocycles. The highest BCUT2D eigenvalue weighted by Crippen LogP contribution is 2.49. The highest BCUT2D eigenvalue weighted by atomic mass is 16.5. The van der Waals surface area contributed by atoms with Crippen molar-refractivity contribution in [2.75, 3.05) is 11.9 Å². The van der Waals surface area contributed by atoms with E-state index in [4.69, 9.17) is 9.15 Å². The number of benzene rings is 3. The molecule has 134 valence electrons. The molecule has 0 bridgehead atoms. The molecule has 0 spiro atoms. The number of hydrogen-bond donors (Lipinski definition) is 1. The van der Waals surface area contributed by atoms with Crippen LogP contribution in [0.25, 0.3) is 21.9 Å². The lowest BCUT2D eigenvalue weighted by Crippen LogP contribution is -2.35. The molecule has 0 aliphatic carbocycles. The van der Waals surface area contributed by atoms with Crippen molar-refractivity contribution in [2.24, 2.45) is 5.92 Å². The van der Waals surface area contributed by atoms with Gasteiger partial charge in [0, 0.05) is 34.5 Å². The summed E-state index contributed by atoms with van der Waals surface area (Å²) in [6.07, 6.45) is 2.48. The molecule has 3 nitrogen and oxygen atoms in total. The van der Waals surface area contributed by atoms with Crippen LogP contribution in [0, 0.1) is 5.92 Å². The van der Waals surface area contributed by atoms with Crippen LogP contribution in [0.4, 0.5) is 5.69 Å². The molecular weight excluding hydrogens is 334 g/mol. The van der Waals surface area contributed by atoms with Crippen molar-refractivity contribution in [3.8, 4) is 0 Å². The van der Waals surface area contributed by atoms with Gasteiger partial charge < -0.3 is 14.5 Å². The standard InChI is InChI=1S/C24H21NO2/c1-3-9-20-17(7-1)24-18(8-5-13-26-24)23(25-20)15-11-12-22-19(14-15)16-6-2-4-10-21(16)27-22/h1-4,6-7,9-12,14,18,23-25H,5,8,13H2/t18?,23-,24?/m0/s1. The first-order valence-corrected chi connectivity index (χ1v) is 9.77. The third-order valence-corrected chi connectivity index (χ3v) is 6.13. The Labute approximate surface area is 157 Å². The van der Waals surface area contributed by atoms with E-state index in [0.29, 0.717) is 5.92 Å². The summed E-state index contributed by atoms with van der Waals surface area (Å²) >= 11 is 0. The van der Waals surface area contributed by atoms with Gasteiger partial charge in [-0.2, -0.15) is 0 Å². The van der Waals surface area contributed by atoms with Gasteiger partial charge in [-0.25, -0.2) is 0 Å². The molecule has 6 rings (SSSR count). The molecule has 4 aromatic rings. The first-order valence-electron chi connectivity index (χ1n) is 9.77. The van der Waals surface area contributed by atoms with Crippen LogP contribution in [0.1, 0.15) is 36.1 Å². The third-order valence-electron chi connectivity index (χ3n) is 6.13. The molecule has 0 saturated carbocycles. The van der Waals surface area contributed by atoms with Gasteiger partial charge in [0.15, 0.2) is 0 Å². The summed E-state index contributed by atoms with van der Waals surface area (Å²) in [6, 6.07) is 23.7. The molecule has 0 radical (unpaired) electrons. The fourth-order valence-corrected chi connectivity index (χ4v) is 4.88. The van der Waals surface area contributed by atoms with Gasteiger partial charge in [0.25, 0.3) is 0 Å². The zero-order chi connectivity index (χ0) is 17.8. The lowest BCUT2D eigenvalue weighted by molar-refractivity contribution is -0.0381. The number of ether oxygens (including phenoxy) is 1. The van der Waals surface area contributed by atoms with Crippen molar-refractivity contribution in [1.82, 2.24) is 0 Å². The average molecular weight is 355 g/mol. The minimum atomic E-state index is 0.179. The Balaban J connectivity index is 1.50. The number of rotatable bonds is 1. The second-order valence-corrected chi connectivity index (χ2v) is 7.66. The van der Waals surface area contributed by atoms with Crippen molar-refractivity contribution >= 4 is 27.6 Å². The Bertz CT molecular complexity index is 1150. The maximum Gasteiger partial charge on any atom is 0.135 e. The number of hydrogen-bond acceptors (Lipinski definition) is 3. The number of fused-ring (bicyclic) bond motifs is 6. The van der Waals surface area contributed by atoms with E-state index in [-0.39, 0.29) is 12.1 Å². The molecule has 0 amide bonds. The van der Waals surface area contributed by atoms with E-state index in [1.165, 1.54) is 34.0 Å². The van der Waals surface area contributed by atoms with Crippen LogP contribution in [-0.4, -0.2) is 6.61 Å². The number of anilines is 1. The number of furan rings is 1. The predicted molar refractivity (Wildman–Crippen MR) is 108 cm³/mol. The molecule has 1 aromatic heterocycles. The highest BCUT2D eigenvalue weighted by molar-refractivity contribution is 6.05. The molecule has 2 aliphatic heterocycles. The number of nitrogens with one attached hydrogen (secondary N) is 1. The average Bonchev–Trinajstić information content (AvgIpc) is 3.11. The van der Waals surface area contributed by atoms with Gasteiger partial charge in [-0.05, 0) is 42.7 Å². The summed E-state index contributed by atoms with van der Waals surface area (Å²) < 4.78 is 12.3. The molecule has 27 heavy (non-hydrogen) atoms. The van der Waals surface area contributed by atoms with Crippen LogP contribution < -0.4 is 5.32 Å². The number of para-hydroxylation sites is 2. The lowest BCUT2D eigenvalue weighted by atomic mass is 9.77. The van der Waals surface area contributed by atoms with Crippen LogP contribution in [0.3, 0.4) is 0 Å². The smallest absolute Gasteiger partial charge is 0.135 e. The van der Waals surface area contributed by atoms with E-state index >= 15 is 0 Å².